The van der Waals surface area contributed by atoms with Crippen molar-refractivity contribution in [3.05, 3.63) is 92.3 Å². The van der Waals surface area contributed by atoms with E-state index in [9.17, 15) is 24.8 Å². The summed E-state index contributed by atoms with van der Waals surface area (Å²) >= 11 is 0. The van der Waals surface area contributed by atoms with E-state index in [1.165, 1.54) is 25.3 Å². The van der Waals surface area contributed by atoms with Crippen molar-refractivity contribution < 1.29 is 33.8 Å². The van der Waals surface area contributed by atoms with Crippen LogP contribution in [0.15, 0.2) is 71.1 Å². The highest BCUT2D eigenvalue weighted by atomic mass is 16.6. The van der Waals surface area contributed by atoms with Gasteiger partial charge in [0.25, 0.3) is 5.69 Å². The van der Waals surface area contributed by atoms with Crippen LogP contribution < -0.4 is 5.32 Å². The van der Waals surface area contributed by atoms with Gasteiger partial charge in [-0.15, -0.1) is 0 Å². The van der Waals surface area contributed by atoms with Crippen molar-refractivity contribution in [3.8, 4) is 5.75 Å². The molecule has 2 N–H and O–H groups in total. The van der Waals surface area contributed by atoms with Gasteiger partial charge in [-0.05, 0) is 37.1 Å². The monoisotopic (exact) mass is 496 g/mol. The fourth-order valence-corrected chi connectivity index (χ4v) is 3.98. The topological polar surface area (TPSA) is 137 Å². The van der Waals surface area contributed by atoms with Gasteiger partial charge in [0.05, 0.1) is 35.2 Å². The van der Waals surface area contributed by atoms with E-state index in [0.717, 1.165) is 5.56 Å². The molecule has 2 aromatic carbocycles. The van der Waals surface area contributed by atoms with E-state index in [-0.39, 0.29) is 42.4 Å². The number of rotatable bonds is 10. The number of carbonyl (C=O) groups is 2. The molecule has 10 nitrogen and oxygen atoms in total. The molecule has 2 aromatic rings. The normalized spacial score (nSPS) is 15.4. The molecule has 190 valence electrons. The Hall–Kier alpha value is -4.18. The van der Waals surface area contributed by atoms with Crippen LogP contribution in [0.3, 0.4) is 0 Å². The van der Waals surface area contributed by atoms with E-state index in [1.54, 1.807) is 44.2 Å². The molecule has 1 heterocycles. The predicted molar refractivity (Wildman–Crippen MR) is 130 cm³/mol. The number of allylic oxidation sites excluding steroid dienone is 2. The minimum atomic E-state index is -0.942. The number of nitro groups is 1. The van der Waals surface area contributed by atoms with Gasteiger partial charge in [0, 0.05) is 37.1 Å². The van der Waals surface area contributed by atoms with E-state index in [1.807, 2.05) is 0 Å². The van der Waals surface area contributed by atoms with Crippen LogP contribution in [0.2, 0.25) is 0 Å². The van der Waals surface area contributed by atoms with Gasteiger partial charge in [0.2, 0.25) is 0 Å². The van der Waals surface area contributed by atoms with Crippen LogP contribution in [0, 0.1) is 10.1 Å². The van der Waals surface area contributed by atoms with Crippen LogP contribution in [0.1, 0.15) is 30.9 Å². The van der Waals surface area contributed by atoms with E-state index in [2.05, 4.69) is 5.32 Å². The maximum atomic E-state index is 13.3. The quantitative estimate of drug-likeness (QED) is 0.219. The minimum absolute atomic E-state index is 0.00285. The van der Waals surface area contributed by atoms with Crippen molar-refractivity contribution in [2.24, 2.45) is 0 Å². The minimum Gasteiger partial charge on any atom is -0.508 e. The number of methoxy groups -OCH3 is 1. The lowest BCUT2D eigenvalue weighted by Gasteiger charge is -2.30. The van der Waals surface area contributed by atoms with Crippen molar-refractivity contribution in [3.63, 3.8) is 0 Å². The molecule has 0 radical (unpaired) electrons. The van der Waals surface area contributed by atoms with Gasteiger partial charge in [-0.3, -0.25) is 10.1 Å². The number of nitro benzene ring substituents is 1. The second kappa shape index (κ2) is 12.0. The van der Waals surface area contributed by atoms with Crippen molar-refractivity contribution in [2.75, 3.05) is 26.9 Å². The number of non-ortho nitro benzene ring substituents is 1. The number of nitrogens with zero attached hydrogens (tertiary/aromatic N) is 1. The lowest BCUT2D eigenvalue weighted by Crippen LogP contribution is -2.33. The van der Waals surface area contributed by atoms with E-state index >= 15 is 0 Å². The predicted octanol–water partition coefficient (Wildman–Crippen LogP) is 3.51. The third-order valence-corrected chi connectivity index (χ3v) is 5.70. The van der Waals surface area contributed by atoms with Crippen LogP contribution in [0.25, 0.3) is 0 Å². The van der Waals surface area contributed by atoms with Crippen molar-refractivity contribution >= 4 is 17.6 Å². The molecule has 1 unspecified atom stereocenters. The van der Waals surface area contributed by atoms with Crippen LogP contribution in [0.5, 0.6) is 5.75 Å². The highest BCUT2D eigenvalue weighted by molar-refractivity contribution is 6.00. The molecule has 0 aliphatic carbocycles. The van der Waals surface area contributed by atoms with Gasteiger partial charge in [-0.2, -0.15) is 0 Å². The number of carbonyl (C=O) groups excluding carboxylic acids is 2. The Morgan fingerprint density at radius 2 is 1.58 bits per heavy atom. The zero-order chi connectivity index (χ0) is 26.2. The third kappa shape index (κ3) is 6.28. The summed E-state index contributed by atoms with van der Waals surface area (Å²) in [5, 5.41) is 23.9. The van der Waals surface area contributed by atoms with Gasteiger partial charge in [-0.25, -0.2) is 9.59 Å². The number of phenolic OH excluding ortho intramolecular Hbond substituents is 1. The molecule has 1 aliphatic rings. The first-order valence-corrected chi connectivity index (χ1v) is 11.3. The molecule has 0 aromatic heterocycles. The van der Waals surface area contributed by atoms with Crippen molar-refractivity contribution in [1.29, 1.82) is 0 Å². The molecule has 0 fully saturated rings. The maximum Gasteiger partial charge on any atom is 0.336 e. The molecule has 36 heavy (non-hydrogen) atoms. The van der Waals surface area contributed by atoms with Crippen molar-refractivity contribution in [1.82, 2.24) is 5.32 Å². The lowest BCUT2D eigenvalue weighted by atomic mass is 9.80. The fourth-order valence-electron chi connectivity index (χ4n) is 3.98. The fraction of sp³-hybridized carbons (Fsp3) is 0.308. The maximum absolute atomic E-state index is 13.3. The number of benzene rings is 2. The van der Waals surface area contributed by atoms with Gasteiger partial charge in [0.15, 0.2) is 0 Å². The molecular weight excluding hydrogens is 468 g/mol. The highest BCUT2D eigenvalue weighted by Crippen LogP contribution is 2.40. The zero-order valence-corrected chi connectivity index (χ0v) is 20.3. The number of esters is 2. The smallest absolute Gasteiger partial charge is 0.336 e. The number of aromatic hydroxyl groups is 1. The van der Waals surface area contributed by atoms with Gasteiger partial charge >= 0.3 is 11.9 Å². The van der Waals surface area contributed by atoms with Crippen LogP contribution >= 0.6 is 0 Å². The zero-order valence-electron chi connectivity index (χ0n) is 20.3. The molecule has 1 aliphatic heterocycles. The summed E-state index contributed by atoms with van der Waals surface area (Å²) in [5.74, 6) is -2.14. The molecule has 0 bridgehead atoms. The van der Waals surface area contributed by atoms with E-state index in [4.69, 9.17) is 14.2 Å². The van der Waals surface area contributed by atoms with Crippen LogP contribution in [-0.4, -0.2) is 48.9 Å². The summed E-state index contributed by atoms with van der Waals surface area (Å²) < 4.78 is 15.8. The summed E-state index contributed by atoms with van der Waals surface area (Å²) in [7, 11) is 1.48. The standard InChI is InChI=1S/C26H28N2O8/c1-16-22(25(30)35-12-11-18-7-9-21(29)10-8-18)24(19-5-4-6-20(15-19)28(32)33)23(17(2)27-16)26(31)36-14-13-34-3/h4-10,15,24,27,29H,11-14H2,1-3H3. The van der Waals surface area contributed by atoms with Gasteiger partial charge < -0.3 is 24.6 Å². The molecule has 3 rings (SSSR count). The number of dihydropyridines is 1. The number of nitrogens with one attached hydrogen (secondary N) is 1. The first-order chi connectivity index (χ1) is 17.2. The van der Waals surface area contributed by atoms with E-state index < -0.39 is 22.8 Å². The molecule has 0 spiro atoms. The second-order valence-corrected chi connectivity index (χ2v) is 8.17. The third-order valence-electron chi connectivity index (χ3n) is 5.70. The molecule has 10 heteroatoms. The molecule has 1 atom stereocenters. The Bertz CT molecular complexity index is 1200. The molecular formula is C26H28N2O8. The SMILES string of the molecule is COCCOC(=O)C1=C(C)NC(C)=C(C(=O)OCCc2ccc(O)cc2)C1c1cccc([N+](=O)[O-])c1. The number of ether oxygens (including phenoxy) is 3. The summed E-state index contributed by atoms with van der Waals surface area (Å²) in [6.07, 6.45) is 0.411. The van der Waals surface area contributed by atoms with Crippen LogP contribution in [0.4, 0.5) is 5.69 Å². The Morgan fingerprint density at radius 3 is 2.17 bits per heavy atom. The first-order valence-electron chi connectivity index (χ1n) is 11.3. The average molecular weight is 497 g/mol. The van der Waals surface area contributed by atoms with Gasteiger partial charge in [-0.1, -0.05) is 24.3 Å². The van der Waals surface area contributed by atoms with Crippen molar-refractivity contribution in [2.45, 2.75) is 26.2 Å². The summed E-state index contributed by atoms with van der Waals surface area (Å²) in [4.78, 5) is 37.3. The lowest BCUT2D eigenvalue weighted by molar-refractivity contribution is -0.384. The number of hydrogen-bond donors (Lipinski definition) is 2. The summed E-state index contributed by atoms with van der Waals surface area (Å²) in [6.45, 7) is 3.60. The highest BCUT2D eigenvalue weighted by Gasteiger charge is 2.38. The Kier molecular flexibility index (Phi) is 8.80. The first kappa shape index (κ1) is 26.4. The number of hydrogen-bond acceptors (Lipinski definition) is 9. The Balaban J connectivity index is 1.93. The molecule has 0 saturated carbocycles. The summed E-state index contributed by atoms with van der Waals surface area (Å²) in [6, 6.07) is 12.3. The molecule has 0 amide bonds. The largest absolute Gasteiger partial charge is 0.508 e. The Labute approximate surface area is 208 Å². The Morgan fingerprint density at radius 1 is 0.972 bits per heavy atom. The van der Waals surface area contributed by atoms with E-state index in [0.29, 0.717) is 23.4 Å². The molecule has 0 saturated heterocycles. The summed E-state index contributed by atoms with van der Waals surface area (Å²) in [5.41, 5.74) is 2.32. The van der Waals surface area contributed by atoms with Crippen LogP contribution in [-0.2, 0) is 30.2 Å². The number of phenols is 1. The average Bonchev–Trinajstić information content (AvgIpc) is 2.84. The second-order valence-electron chi connectivity index (χ2n) is 8.17. The van der Waals surface area contributed by atoms with Gasteiger partial charge in [0.1, 0.15) is 12.4 Å².